The first kappa shape index (κ1) is 17.9. The lowest BCUT2D eigenvalue weighted by molar-refractivity contribution is 0.0559. The maximum absolute atomic E-state index is 12.6. The molecular weight excluding hydrogens is 400 g/mol. The van der Waals surface area contributed by atoms with Gasteiger partial charge in [0.15, 0.2) is 0 Å². The molecule has 0 saturated heterocycles. The van der Waals surface area contributed by atoms with Crippen LogP contribution in [0.4, 0.5) is 0 Å². The summed E-state index contributed by atoms with van der Waals surface area (Å²) >= 11 is 3.41. The van der Waals surface area contributed by atoms with Crippen molar-refractivity contribution in [3.05, 3.63) is 86.4 Å². The van der Waals surface area contributed by atoms with E-state index in [0.717, 1.165) is 10.0 Å². The topological polar surface area (TPSA) is 76.7 Å². The van der Waals surface area contributed by atoms with Gasteiger partial charge in [0.25, 0.3) is 0 Å². The van der Waals surface area contributed by atoms with Crippen molar-refractivity contribution >= 4 is 21.9 Å². The fourth-order valence-corrected chi connectivity index (χ4v) is 3.05. The molecule has 1 aromatic heterocycles. The van der Waals surface area contributed by atoms with Gasteiger partial charge in [-0.25, -0.2) is 9.59 Å². The SMILES string of the molecule is COC(=O)c1cc(-c2cccc(Br)c2)c(Cc2ccccc2O)c(=O)o1. The molecule has 3 rings (SSSR count). The summed E-state index contributed by atoms with van der Waals surface area (Å²) in [5.41, 5.74) is 1.57. The number of rotatable bonds is 4. The number of carbonyl (C=O) groups is 1. The molecule has 3 aromatic rings. The normalized spacial score (nSPS) is 10.5. The van der Waals surface area contributed by atoms with Crippen LogP contribution in [0, 0.1) is 0 Å². The summed E-state index contributed by atoms with van der Waals surface area (Å²) in [4.78, 5) is 24.4. The lowest BCUT2D eigenvalue weighted by Gasteiger charge is -2.11. The van der Waals surface area contributed by atoms with Crippen LogP contribution in [-0.4, -0.2) is 18.2 Å². The van der Waals surface area contributed by atoms with Gasteiger partial charge in [-0.3, -0.25) is 0 Å². The zero-order chi connectivity index (χ0) is 18.7. The Kier molecular flexibility index (Phi) is 5.23. The first-order valence-electron chi connectivity index (χ1n) is 7.77. The highest BCUT2D eigenvalue weighted by molar-refractivity contribution is 9.10. The number of carbonyl (C=O) groups excluding carboxylic acids is 1. The molecule has 1 N–H and O–H groups in total. The van der Waals surface area contributed by atoms with Crippen molar-refractivity contribution in [1.82, 2.24) is 0 Å². The zero-order valence-corrected chi connectivity index (χ0v) is 15.4. The Bertz CT molecular complexity index is 1020. The highest BCUT2D eigenvalue weighted by Crippen LogP contribution is 2.29. The Balaban J connectivity index is 2.21. The molecule has 0 aliphatic rings. The van der Waals surface area contributed by atoms with E-state index in [-0.39, 0.29) is 17.9 Å². The van der Waals surface area contributed by atoms with Gasteiger partial charge in [0, 0.05) is 10.9 Å². The first-order chi connectivity index (χ1) is 12.5. The van der Waals surface area contributed by atoms with Gasteiger partial charge in [0.1, 0.15) is 5.75 Å². The van der Waals surface area contributed by atoms with Gasteiger partial charge < -0.3 is 14.3 Å². The lowest BCUT2D eigenvalue weighted by Crippen LogP contribution is -2.14. The molecule has 0 bridgehead atoms. The van der Waals surface area contributed by atoms with Gasteiger partial charge in [-0.15, -0.1) is 0 Å². The third-order valence-corrected chi connectivity index (χ3v) is 4.42. The molecular formula is C20H15BrO5. The van der Waals surface area contributed by atoms with E-state index in [0.29, 0.717) is 16.7 Å². The molecule has 132 valence electrons. The third-order valence-electron chi connectivity index (χ3n) is 3.93. The number of esters is 1. The van der Waals surface area contributed by atoms with Crippen molar-refractivity contribution in [1.29, 1.82) is 0 Å². The van der Waals surface area contributed by atoms with Crippen molar-refractivity contribution in [3.63, 3.8) is 0 Å². The Labute approximate surface area is 158 Å². The molecule has 5 nitrogen and oxygen atoms in total. The number of ether oxygens (including phenoxy) is 1. The third kappa shape index (κ3) is 3.70. The molecule has 0 saturated carbocycles. The molecule has 0 aliphatic carbocycles. The average molecular weight is 415 g/mol. The fourth-order valence-electron chi connectivity index (χ4n) is 2.65. The van der Waals surface area contributed by atoms with Crippen molar-refractivity contribution in [2.45, 2.75) is 6.42 Å². The quantitative estimate of drug-likeness (QED) is 0.648. The maximum atomic E-state index is 12.6. The number of methoxy groups -OCH3 is 1. The highest BCUT2D eigenvalue weighted by atomic mass is 79.9. The molecule has 2 aromatic carbocycles. The minimum Gasteiger partial charge on any atom is -0.508 e. The van der Waals surface area contributed by atoms with Crippen LogP contribution in [0.5, 0.6) is 5.75 Å². The Morgan fingerprint density at radius 1 is 1.15 bits per heavy atom. The molecule has 0 amide bonds. The lowest BCUT2D eigenvalue weighted by atomic mass is 9.96. The molecule has 26 heavy (non-hydrogen) atoms. The van der Waals surface area contributed by atoms with Crippen molar-refractivity contribution in [2.24, 2.45) is 0 Å². The fraction of sp³-hybridized carbons (Fsp3) is 0.100. The van der Waals surface area contributed by atoms with E-state index < -0.39 is 11.6 Å². The van der Waals surface area contributed by atoms with Gasteiger partial charge in [-0.1, -0.05) is 46.3 Å². The number of aromatic hydroxyl groups is 1. The second-order valence-corrected chi connectivity index (χ2v) is 6.51. The Morgan fingerprint density at radius 2 is 1.92 bits per heavy atom. The van der Waals surface area contributed by atoms with E-state index in [2.05, 4.69) is 20.7 Å². The molecule has 6 heteroatoms. The first-order valence-corrected chi connectivity index (χ1v) is 8.57. The van der Waals surface area contributed by atoms with Crippen LogP contribution in [0.1, 0.15) is 21.7 Å². The molecule has 0 unspecified atom stereocenters. The number of phenolic OH excluding ortho intramolecular Hbond substituents is 1. The second kappa shape index (κ2) is 7.58. The van der Waals surface area contributed by atoms with Gasteiger partial charge in [-0.05, 0) is 41.0 Å². The van der Waals surface area contributed by atoms with Crippen molar-refractivity contribution < 1.29 is 19.1 Å². The molecule has 0 atom stereocenters. The maximum Gasteiger partial charge on any atom is 0.374 e. The standard InChI is InChI=1S/C20H15BrO5/c1-25-20(24)18-11-15(12-6-4-7-14(21)9-12)16(19(23)26-18)10-13-5-2-3-8-17(13)22/h2-9,11,22H,10H2,1H3. The molecule has 0 spiro atoms. The highest BCUT2D eigenvalue weighted by Gasteiger charge is 2.19. The molecule has 1 heterocycles. The van der Waals surface area contributed by atoms with Crippen LogP contribution in [0.3, 0.4) is 0 Å². The van der Waals surface area contributed by atoms with E-state index >= 15 is 0 Å². The summed E-state index contributed by atoms with van der Waals surface area (Å²) in [7, 11) is 1.22. The van der Waals surface area contributed by atoms with Gasteiger partial charge in [-0.2, -0.15) is 0 Å². The van der Waals surface area contributed by atoms with Gasteiger partial charge in [0.2, 0.25) is 5.76 Å². The Hall–Kier alpha value is -2.86. The van der Waals surface area contributed by atoms with E-state index in [1.807, 2.05) is 24.3 Å². The smallest absolute Gasteiger partial charge is 0.374 e. The number of phenols is 1. The van der Waals surface area contributed by atoms with E-state index in [1.165, 1.54) is 13.2 Å². The van der Waals surface area contributed by atoms with Crippen LogP contribution < -0.4 is 5.63 Å². The monoisotopic (exact) mass is 414 g/mol. The number of halogens is 1. The van der Waals surface area contributed by atoms with E-state index in [9.17, 15) is 14.7 Å². The Morgan fingerprint density at radius 3 is 2.62 bits per heavy atom. The van der Waals surface area contributed by atoms with Gasteiger partial charge in [0.05, 0.1) is 12.7 Å². The summed E-state index contributed by atoms with van der Waals surface area (Å²) in [5.74, 6) is -0.815. The summed E-state index contributed by atoms with van der Waals surface area (Å²) in [5, 5.41) is 10.0. The number of hydrogen-bond acceptors (Lipinski definition) is 5. The summed E-state index contributed by atoms with van der Waals surface area (Å²) < 4.78 is 10.6. The predicted molar refractivity (Wildman–Crippen MR) is 100 cm³/mol. The summed E-state index contributed by atoms with van der Waals surface area (Å²) in [6.07, 6.45) is 0.165. The van der Waals surface area contributed by atoms with E-state index in [1.54, 1.807) is 24.3 Å². The van der Waals surface area contributed by atoms with E-state index in [4.69, 9.17) is 4.42 Å². The van der Waals surface area contributed by atoms with Crippen LogP contribution in [0.15, 0.2) is 68.3 Å². The second-order valence-electron chi connectivity index (χ2n) is 5.60. The summed E-state index contributed by atoms with van der Waals surface area (Å²) in [6.45, 7) is 0. The molecule has 0 aliphatic heterocycles. The van der Waals surface area contributed by atoms with Crippen LogP contribution in [-0.2, 0) is 11.2 Å². The van der Waals surface area contributed by atoms with Crippen LogP contribution >= 0.6 is 15.9 Å². The van der Waals surface area contributed by atoms with Crippen LogP contribution in [0.25, 0.3) is 11.1 Å². The zero-order valence-electron chi connectivity index (χ0n) is 13.9. The van der Waals surface area contributed by atoms with Gasteiger partial charge >= 0.3 is 11.6 Å². The number of benzene rings is 2. The predicted octanol–water partition coefficient (Wildman–Crippen LogP) is 4.15. The molecule has 0 fully saturated rings. The molecule has 0 radical (unpaired) electrons. The number of hydrogen-bond donors (Lipinski definition) is 1. The largest absolute Gasteiger partial charge is 0.508 e. The average Bonchev–Trinajstić information content (AvgIpc) is 2.64. The minimum absolute atomic E-state index is 0.0872. The number of para-hydroxylation sites is 1. The van der Waals surface area contributed by atoms with Crippen LogP contribution in [0.2, 0.25) is 0 Å². The van der Waals surface area contributed by atoms with Crippen molar-refractivity contribution in [2.75, 3.05) is 7.11 Å². The van der Waals surface area contributed by atoms with Crippen molar-refractivity contribution in [3.8, 4) is 16.9 Å². The minimum atomic E-state index is -0.729. The summed E-state index contributed by atoms with van der Waals surface area (Å²) in [6, 6.07) is 15.6.